The Kier molecular flexibility index (Phi) is 3.10. The summed E-state index contributed by atoms with van der Waals surface area (Å²) in [4.78, 5) is 0.551. The van der Waals surface area contributed by atoms with Gasteiger partial charge in [-0.1, -0.05) is 34.5 Å². The maximum Gasteiger partial charge on any atom is 0.122 e. The lowest BCUT2D eigenvalue weighted by molar-refractivity contribution is 0.287. The van der Waals surface area contributed by atoms with Gasteiger partial charge in [0.1, 0.15) is 5.75 Å². The maximum absolute atomic E-state index is 5.72. The molecule has 0 spiro atoms. The number of benzene rings is 1. The number of halogens is 1. The van der Waals surface area contributed by atoms with E-state index >= 15 is 0 Å². The van der Waals surface area contributed by atoms with Crippen molar-refractivity contribution in [2.24, 2.45) is 17.8 Å². The SMILES string of the molecule is BrC(c1ccc2c(c1)CCCO2)C1CC2CCC1C2. The Balaban J connectivity index is 1.58. The number of hydrogen-bond donors (Lipinski definition) is 0. The molecule has 1 heterocycles. The predicted molar refractivity (Wildman–Crippen MR) is 80.9 cm³/mol. The zero-order valence-corrected chi connectivity index (χ0v) is 12.9. The zero-order valence-electron chi connectivity index (χ0n) is 11.3. The molecule has 1 aliphatic heterocycles. The second-order valence-corrected chi connectivity index (χ2v) is 7.55. The molecule has 102 valence electrons. The molecule has 4 unspecified atom stereocenters. The predicted octanol–water partition coefficient (Wildman–Crippen LogP) is 4.88. The van der Waals surface area contributed by atoms with Crippen molar-refractivity contribution in [2.75, 3.05) is 6.61 Å². The number of fused-ring (bicyclic) bond motifs is 3. The zero-order chi connectivity index (χ0) is 12.8. The second-order valence-electron chi connectivity index (χ2n) is 6.56. The van der Waals surface area contributed by atoms with E-state index in [2.05, 4.69) is 34.1 Å². The smallest absolute Gasteiger partial charge is 0.122 e. The Morgan fingerprint density at radius 2 is 2.16 bits per heavy atom. The molecule has 2 heteroatoms. The molecule has 2 saturated carbocycles. The van der Waals surface area contributed by atoms with Crippen molar-refractivity contribution in [1.82, 2.24) is 0 Å². The molecule has 0 aromatic heterocycles. The minimum absolute atomic E-state index is 0.551. The topological polar surface area (TPSA) is 9.23 Å². The molecule has 19 heavy (non-hydrogen) atoms. The molecule has 2 bridgehead atoms. The van der Waals surface area contributed by atoms with Gasteiger partial charge in [-0.2, -0.15) is 0 Å². The molecule has 2 aliphatic carbocycles. The highest BCUT2D eigenvalue weighted by Crippen LogP contribution is 2.55. The molecule has 0 radical (unpaired) electrons. The lowest BCUT2D eigenvalue weighted by Crippen LogP contribution is -2.16. The molecule has 4 atom stereocenters. The molecule has 1 aromatic rings. The summed E-state index contributed by atoms with van der Waals surface area (Å²) < 4.78 is 5.72. The fraction of sp³-hybridized carbons (Fsp3) is 0.647. The summed E-state index contributed by atoms with van der Waals surface area (Å²) in [6, 6.07) is 6.85. The van der Waals surface area contributed by atoms with Gasteiger partial charge in [-0.05, 0) is 67.1 Å². The fourth-order valence-corrected chi connectivity index (χ4v) is 5.38. The van der Waals surface area contributed by atoms with Gasteiger partial charge in [0.15, 0.2) is 0 Å². The summed E-state index contributed by atoms with van der Waals surface area (Å²) in [6.45, 7) is 0.885. The molecule has 0 N–H and O–H groups in total. The van der Waals surface area contributed by atoms with Crippen LogP contribution in [0.4, 0.5) is 0 Å². The van der Waals surface area contributed by atoms with Crippen LogP contribution in [0.2, 0.25) is 0 Å². The van der Waals surface area contributed by atoms with Crippen molar-refractivity contribution in [3.05, 3.63) is 29.3 Å². The number of hydrogen-bond acceptors (Lipinski definition) is 1. The first-order valence-electron chi connectivity index (χ1n) is 7.71. The average molecular weight is 321 g/mol. The van der Waals surface area contributed by atoms with Crippen LogP contribution >= 0.6 is 15.9 Å². The van der Waals surface area contributed by atoms with Crippen molar-refractivity contribution < 1.29 is 4.74 Å². The van der Waals surface area contributed by atoms with Crippen molar-refractivity contribution >= 4 is 15.9 Å². The van der Waals surface area contributed by atoms with Gasteiger partial charge in [0, 0.05) is 4.83 Å². The number of alkyl halides is 1. The molecule has 3 aliphatic rings. The number of ether oxygens (including phenoxy) is 1. The van der Waals surface area contributed by atoms with E-state index in [1.807, 2.05) is 0 Å². The lowest BCUT2D eigenvalue weighted by atomic mass is 9.83. The van der Waals surface area contributed by atoms with Crippen LogP contribution in [0.1, 0.15) is 48.1 Å². The van der Waals surface area contributed by atoms with Crippen LogP contribution in [0.25, 0.3) is 0 Å². The molecular weight excluding hydrogens is 300 g/mol. The lowest BCUT2D eigenvalue weighted by Gasteiger charge is -2.28. The van der Waals surface area contributed by atoms with E-state index in [1.54, 1.807) is 0 Å². The molecule has 0 saturated heterocycles. The Hall–Kier alpha value is -0.500. The van der Waals surface area contributed by atoms with Crippen LogP contribution in [-0.4, -0.2) is 6.61 Å². The van der Waals surface area contributed by atoms with Gasteiger partial charge in [-0.15, -0.1) is 0 Å². The highest BCUT2D eigenvalue weighted by molar-refractivity contribution is 9.09. The summed E-state index contributed by atoms with van der Waals surface area (Å²) in [5.74, 6) is 3.97. The highest BCUT2D eigenvalue weighted by atomic mass is 79.9. The third kappa shape index (κ3) is 2.12. The Bertz CT molecular complexity index is 484. The minimum Gasteiger partial charge on any atom is -0.493 e. The average Bonchev–Trinajstić information content (AvgIpc) is 3.08. The van der Waals surface area contributed by atoms with Crippen LogP contribution in [-0.2, 0) is 6.42 Å². The Morgan fingerprint density at radius 3 is 2.95 bits per heavy atom. The largest absolute Gasteiger partial charge is 0.493 e. The van der Waals surface area contributed by atoms with Gasteiger partial charge in [0.05, 0.1) is 6.61 Å². The van der Waals surface area contributed by atoms with Crippen LogP contribution < -0.4 is 4.74 Å². The first-order valence-corrected chi connectivity index (χ1v) is 8.62. The fourth-order valence-electron chi connectivity index (χ4n) is 4.45. The van der Waals surface area contributed by atoms with E-state index in [0.717, 1.165) is 36.5 Å². The van der Waals surface area contributed by atoms with Crippen molar-refractivity contribution in [2.45, 2.75) is 43.4 Å². The quantitative estimate of drug-likeness (QED) is 0.705. The van der Waals surface area contributed by atoms with Gasteiger partial charge in [-0.3, -0.25) is 0 Å². The maximum atomic E-state index is 5.72. The van der Waals surface area contributed by atoms with Crippen molar-refractivity contribution in [3.63, 3.8) is 0 Å². The van der Waals surface area contributed by atoms with Gasteiger partial charge < -0.3 is 4.74 Å². The summed E-state index contributed by atoms with van der Waals surface area (Å²) in [5.41, 5.74) is 2.89. The first-order chi connectivity index (χ1) is 9.31. The van der Waals surface area contributed by atoms with Crippen LogP contribution in [0.15, 0.2) is 18.2 Å². The summed E-state index contributed by atoms with van der Waals surface area (Å²) >= 11 is 4.00. The highest BCUT2D eigenvalue weighted by Gasteiger charge is 2.42. The second kappa shape index (κ2) is 4.80. The number of aryl methyl sites for hydroxylation is 1. The Labute approximate surface area is 123 Å². The molecule has 4 rings (SSSR count). The number of rotatable bonds is 2. The molecule has 0 amide bonds. The molecular formula is C17H21BrO. The van der Waals surface area contributed by atoms with E-state index in [4.69, 9.17) is 4.74 Å². The third-order valence-electron chi connectivity index (χ3n) is 5.42. The third-order valence-corrected chi connectivity index (χ3v) is 6.63. The molecule has 1 aromatic carbocycles. The van der Waals surface area contributed by atoms with Crippen molar-refractivity contribution in [3.8, 4) is 5.75 Å². The first kappa shape index (κ1) is 12.3. The summed E-state index contributed by atoms with van der Waals surface area (Å²) in [6.07, 6.45) is 8.22. The van der Waals surface area contributed by atoms with E-state index in [-0.39, 0.29) is 0 Å². The summed E-state index contributed by atoms with van der Waals surface area (Å²) in [7, 11) is 0. The van der Waals surface area contributed by atoms with E-state index < -0.39 is 0 Å². The van der Waals surface area contributed by atoms with E-state index in [0.29, 0.717) is 4.83 Å². The van der Waals surface area contributed by atoms with E-state index in [1.165, 1.54) is 43.2 Å². The van der Waals surface area contributed by atoms with Gasteiger partial charge in [-0.25, -0.2) is 0 Å². The van der Waals surface area contributed by atoms with Crippen LogP contribution in [0, 0.1) is 17.8 Å². The van der Waals surface area contributed by atoms with Gasteiger partial charge in [0.25, 0.3) is 0 Å². The van der Waals surface area contributed by atoms with E-state index in [9.17, 15) is 0 Å². The molecule has 2 fully saturated rings. The Morgan fingerprint density at radius 1 is 1.21 bits per heavy atom. The van der Waals surface area contributed by atoms with Crippen LogP contribution in [0.5, 0.6) is 5.75 Å². The monoisotopic (exact) mass is 320 g/mol. The summed E-state index contributed by atoms with van der Waals surface area (Å²) in [5, 5.41) is 0. The van der Waals surface area contributed by atoms with Gasteiger partial charge >= 0.3 is 0 Å². The van der Waals surface area contributed by atoms with Gasteiger partial charge in [0.2, 0.25) is 0 Å². The molecule has 1 nitrogen and oxygen atoms in total. The standard InChI is InChI=1S/C17H21BrO/c18-17(15-9-11-3-4-12(15)8-11)14-5-6-16-13(10-14)2-1-7-19-16/h5-6,10-12,15,17H,1-4,7-9H2. The normalized spacial score (nSPS) is 33.8. The minimum atomic E-state index is 0.551. The van der Waals surface area contributed by atoms with Crippen LogP contribution in [0.3, 0.4) is 0 Å². The van der Waals surface area contributed by atoms with Crippen molar-refractivity contribution in [1.29, 1.82) is 0 Å².